The van der Waals surface area contributed by atoms with Gasteiger partial charge in [-0.15, -0.1) is 5.10 Å². The standard InChI is InChI=1S/C21H24N6O2S/c28-18-14-17(27-20(22-18)30-21(23-27)26-8-4-5-9-26)19(29)25-12-10-24(11-13-25)15-16-6-2-1-3-7-16/h1-3,6-7,14H,4-5,8-13,15H2. The molecule has 0 unspecified atom stereocenters. The number of piperazine rings is 1. The summed E-state index contributed by atoms with van der Waals surface area (Å²) < 4.78 is 1.55. The number of hydrogen-bond donors (Lipinski definition) is 0. The van der Waals surface area contributed by atoms with Crippen LogP contribution >= 0.6 is 11.3 Å². The van der Waals surface area contributed by atoms with E-state index >= 15 is 0 Å². The topological polar surface area (TPSA) is 74.0 Å². The van der Waals surface area contributed by atoms with Gasteiger partial charge in [0.25, 0.3) is 11.5 Å². The molecule has 0 N–H and O–H groups in total. The van der Waals surface area contributed by atoms with E-state index in [9.17, 15) is 9.59 Å². The molecule has 0 atom stereocenters. The zero-order chi connectivity index (χ0) is 20.5. The maximum atomic E-state index is 13.2. The summed E-state index contributed by atoms with van der Waals surface area (Å²) in [5.41, 5.74) is 1.19. The van der Waals surface area contributed by atoms with Crippen molar-refractivity contribution in [1.29, 1.82) is 0 Å². The maximum absolute atomic E-state index is 13.2. The lowest BCUT2D eigenvalue weighted by Crippen LogP contribution is -2.48. The molecular weight excluding hydrogens is 400 g/mol. The van der Waals surface area contributed by atoms with E-state index in [-0.39, 0.29) is 5.91 Å². The summed E-state index contributed by atoms with van der Waals surface area (Å²) in [7, 11) is 0. The fraction of sp³-hybridized carbons (Fsp3) is 0.429. The zero-order valence-corrected chi connectivity index (χ0v) is 17.6. The van der Waals surface area contributed by atoms with Crippen LogP contribution in [0, 0.1) is 0 Å². The quantitative estimate of drug-likeness (QED) is 0.635. The highest BCUT2D eigenvalue weighted by Gasteiger charge is 2.26. The van der Waals surface area contributed by atoms with Crippen molar-refractivity contribution in [3.63, 3.8) is 0 Å². The van der Waals surface area contributed by atoms with E-state index in [1.165, 1.54) is 23.0 Å². The Balaban J connectivity index is 1.33. The highest BCUT2D eigenvalue weighted by molar-refractivity contribution is 7.20. The molecule has 0 radical (unpaired) electrons. The number of carbonyl (C=O) groups is 1. The van der Waals surface area contributed by atoms with Crippen molar-refractivity contribution in [2.75, 3.05) is 44.2 Å². The van der Waals surface area contributed by atoms with E-state index in [2.05, 4.69) is 32.0 Å². The Morgan fingerprint density at radius 1 is 1.00 bits per heavy atom. The van der Waals surface area contributed by atoms with Crippen LogP contribution in [0.3, 0.4) is 0 Å². The molecule has 30 heavy (non-hydrogen) atoms. The van der Waals surface area contributed by atoms with Crippen LogP contribution in [0.4, 0.5) is 5.13 Å². The minimum Gasteiger partial charge on any atom is -0.347 e. The first-order valence-corrected chi connectivity index (χ1v) is 11.2. The average Bonchev–Trinajstić information content (AvgIpc) is 3.44. The summed E-state index contributed by atoms with van der Waals surface area (Å²) in [5.74, 6) is -0.151. The van der Waals surface area contributed by atoms with Crippen LogP contribution in [0.2, 0.25) is 0 Å². The van der Waals surface area contributed by atoms with Crippen LogP contribution in [0.15, 0.2) is 41.2 Å². The molecule has 2 aliphatic rings. The monoisotopic (exact) mass is 424 g/mol. The lowest BCUT2D eigenvalue weighted by Gasteiger charge is -2.34. The normalized spacial score (nSPS) is 17.7. The third-order valence-electron chi connectivity index (χ3n) is 5.75. The number of anilines is 1. The van der Waals surface area contributed by atoms with E-state index < -0.39 is 5.56 Å². The van der Waals surface area contributed by atoms with Crippen LogP contribution in [0.1, 0.15) is 28.9 Å². The lowest BCUT2D eigenvalue weighted by molar-refractivity contribution is 0.0619. The summed E-state index contributed by atoms with van der Waals surface area (Å²) in [5, 5.41) is 5.45. The van der Waals surface area contributed by atoms with Gasteiger partial charge in [0.15, 0.2) is 0 Å². The molecule has 5 rings (SSSR count). The Morgan fingerprint density at radius 2 is 1.73 bits per heavy atom. The number of amides is 1. The Morgan fingerprint density at radius 3 is 2.47 bits per heavy atom. The van der Waals surface area contributed by atoms with Gasteiger partial charge in [-0.05, 0) is 18.4 Å². The molecule has 0 bridgehead atoms. The Kier molecular flexibility index (Phi) is 5.22. The Bertz CT molecular complexity index is 1100. The van der Waals surface area contributed by atoms with E-state index in [1.54, 1.807) is 4.52 Å². The van der Waals surface area contributed by atoms with Gasteiger partial charge in [-0.3, -0.25) is 14.5 Å². The molecule has 2 fully saturated rings. The zero-order valence-electron chi connectivity index (χ0n) is 16.7. The number of hydrogen-bond acceptors (Lipinski definition) is 7. The molecule has 8 nitrogen and oxygen atoms in total. The Hall–Kier alpha value is -2.78. The first kappa shape index (κ1) is 19.2. The molecule has 2 aliphatic heterocycles. The molecule has 0 aliphatic carbocycles. The van der Waals surface area contributed by atoms with Gasteiger partial charge in [-0.2, -0.15) is 9.50 Å². The minimum absolute atomic E-state index is 0.151. The maximum Gasteiger partial charge on any atom is 0.274 e. The summed E-state index contributed by atoms with van der Waals surface area (Å²) >= 11 is 1.38. The van der Waals surface area contributed by atoms with E-state index in [0.717, 1.165) is 50.7 Å². The number of benzene rings is 1. The van der Waals surface area contributed by atoms with Crippen molar-refractivity contribution in [1.82, 2.24) is 24.4 Å². The average molecular weight is 425 g/mol. The summed E-state index contributed by atoms with van der Waals surface area (Å²) in [6.07, 6.45) is 2.28. The number of carbonyl (C=O) groups excluding carboxylic acids is 1. The lowest BCUT2D eigenvalue weighted by atomic mass is 10.2. The summed E-state index contributed by atoms with van der Waals surface area (Å²) in [6, 6.07) is 11.7. The van der Waals surface area contributed by atoms with Crippen LogP contribution in [0.25, 0.3) is 4.96 Å². The number of rotatable bonds is 4. The van der Waals surface area contributed by atoms with Gasteiger partial charge >= 0.3 is 0 Å². The smallest absolute Gasteiger partial charge is 0.274 e. The van der Waals surface area contributed by atoms with Crippen LogP contribution < -0.4 is 10.5 Å². The van der Waals surface area contributed by atoms with Gasteiger partial charge in [0.2, 0.25) is 10.1 Å². The third-order valence-corrected chi connectivity index (χ3v) is 6.72. The van der Waals surface area contributed by atoms with Crippen LogP contribution in [-0.2, 0) is 6.54 Å². The molecule has 1 aromatic carbocycles. The van der Waals surface area contributed by atoms with Crippen molar-refractivity contribution in [2.24, 2.45) is 0 Å². The number of fused-ring (bicyclic) bond motifs is 1. The first-order chi connectivity index (χ1) is 14.7. The fourth-order valence-corrected chi connectivity index (χ4v) is 5.07. The van der Waals surface area contributed by atoms with Crippen molar-refractivity contribution >= 4 is 27.3 Å². The van der Waals surface area contributed by atoms with Gasteiger partial charge in [0.1, 0.15) is 5.69 Å². The number of aromatic nitrogens is 3. The van der Waals surface area contributed by atoms with E-state index in [1.807, 2.05) is 23.1 Å². The van der Waals surface area contributed by atoms with Gasteiger partial charge in [-0.25, -0.2) is 0 Å². The van der Waals surface area contributed by atoms with Gasteiger partial charge in [-0.1, -0.05) is 41.7 Å². The molecule has 0 saturated carbocycles. The molecule has 156 valence electrons. The van der Waals surface area contributed by atoms with Gasteiger partial charge in [0, 0.05) is 51.9 Å². The van der Waals surface area contributed by atoms with E-state index in [0.29, 0.717) is 23.7 Å². The molecule has 4 heterocycles. The Labute approximate surface area is 178 Å². The van der Waals surface area contributed by atoms with Gasteiger partial charge in [0.05, 0.1) is 0 Å². The minimum atomic E-state index is -0.391. The fourth-order valence-electron chi connectivity index (χ4n) is 4.11. The predicted octanol–water partition coefficient (Wildman–Crippen LogP) is 1.71. The largest absolute Gasteiger partial charge is 0.347 e. The highest BCUT2D eigenvalue weighted by atomic mass is 32.1. The molecule has 9 heteroatoms. The molecule has 1 amide bonds. The highest BCUT2D eigenvalue weighted by Crippen LogP contribution is 2.26. The predicted molar refractivity (Wildman–Crippen MR) is 116 cm³/mol. The summed E-state index contributed by atoms with van der Waals surface area (Å²) in [6.45, 7) is 5.67. The third kappa shape index (κ3) is 3.82. The van der Waals surface area contributed by atoms with Crippen LogP contribution in [0.5, 0.6) is 0 Å². The molecule has 3 aromatic rings. The second kappa shape index (κ2) is 8.16. The van der Waals surface area contributed by atoms with Crippen molar-refractivity contribution < 1.29 is 4.79 Å². The molecular formula is C21H24N6O2S. The van der Waals surface area contributed by atoms with Crippen molar-refractivity contribution in [2.45, 2.75) is 19.4 Å². The molecule has 2 saturated heterocycles. The molecule has 2 aromatic heterocycles. The van der Waals surface area contributed by atoms with Crippen molar-refractivity contribution in [3.8, 4) is 0 Å². The SMILES string of the molecule is O=C(c1cc(=O)nc2sc(N3CCCC3)nn12)N1CCN(Cc2ccccc2)CC1. The number of nitrogens with zero attached hydrogens (tertiary/aromatic N) is 6. The van der Waals surface area contributed by atoms with Crippen molar-refractivity contribution in [3.05, 3.63) is 58.0 Å². The van der Waals surface area contributed by atoms with Crippen LogP contribution in [-0.4, -0.2) is 69.6 Å². The summed E-state index contributed by atoms with van der Waals surface area (Å²) in [4.78, 5) is 36.3. The second-order valence-corrected chi connectivity index (χ2v) is 8.74. The second-order valence-electron chi connectivity index (χ2n) is 7.81. The van der Waals surface area contributed by atoms with Gasteiger partial charge < -0.3 is 9.80 Å². The van der Waals surface area contributed by atoms with E-state index in [4.69, 9.17) is 0 Å². The first-order valence-electron chi connectivity index (χ1n) is 10.4. The molecule has 0 spiro atoms.